The van der Waals surface area contributed by atoms with Crippen molar-refractivity contribution in [1.29, 1.82) is 0 Å². The minimum absolute atomic E-state index is 0.595. The van der Waals surface area contributed by atoms with E-state index in [-0.39, 0.29) is 0 Å². The molecule has 2 heterocycles. The van der Waals surface area contributed by atoms with Crippen LogP contribution in [0, 0.1) is 6.92 Å². The van der Waals surface area contributed by atoms with Crippen LogP contribution in [0.1, 0.15) is 5.69 Å². The van der Waals surface area contributed by atoms with Gasteiger partial charge in [0.05, 0.1) is 16.6 Å². The molecule has 0 amide bonds. The molecule has 0 atom stereocenters. The zero-order chi connectivity index (χ0) is 10.8. The highest BCUT2D eigenvalue weighted by atomic mass is 15.3. The summed E-state index contributed by atoms with van der Waals surface area (Å²) >= 11 is 0. The number of nitrogens with zero attached hydrogens (tertiary/aromatic N) is 3. The van der Waals surface area contributed by atoms with Gasteiger partial charge in [-0.05, 0) is 13.0 Å². The van der Waals surface area contributed by atoms with E-state index in [1.54, 1.807) is 6.20 Å². The number of hydrogen-bond donors (Lipinski definition) is 2. The molecule has 3 N–H and O–H groups in total. The molecule has 0 fully saturated rings. The molecule has 0 aliphatic heterocycles. The number of nitrogens with one attached hydrogen (secondary N) is 1. The normalized spacial score (nSPS) is 10.9. The van der Waals surface area contributed by atoms with Gasteiger partial charge in [-0.15, -0.1) is 0 Å². The molecule has 0 aromatic carbocycles. The first-order valence-electron chi connectivity index (χ1n) is 4.96. The van der Waals surface area contributed by atoms with Crippen molar-refractivity contribution in [2.24, 2.45) is 12.8 Å². The number of hydrogen-bond acceptors (Lipinski definition) is 4. The minimum atomic E-state index is 0.595. The summed E-state index contributed by atoms with van der Waals surface area (Å²) in [4.78, 5) is 4.30. The number of aryl methyl sites for hydroxylation is 2. The van der Waals surface area contributed by atoms with E-state index < -0.39 is 0 Å². The van der Waals surface area contributed by atoms with Crippen LogP contribution >= 0.6 is 0 Å². The van der Waals surface area contributed by atoms with E-state index in [0.29, 0.717) is 6.54 Å². The maximum atomic E-state index is 5.45. The Bertz CT molecular complexity index is 474. The van der Waals surface area contributed by atoms with Gasteiger partial charge in [0.2, 0.25) is 0 Å². The monoisotopic (exact) mass is 205 g/mol. The van der Waals surface area contributed by atoms with Crippen molar-refractivity contribution in [3.63, 3.8) is 0 Å². The number of pyridine rings is 1. The lowest BCUT2D eigenvalue weighted by Gasteiger charge is -2.05. The number of rotatable bonds is 3. The molecule has 0 saturated carbocycles. The third-order valence-electron chi connectivity index (χ3n) is 2.38. The Labute approximate surface area is 88.3 Å². The minimum Gasteiger partial charge on any atom is -0.368 e. The Morgan fingerprint density at radius 3 is 3.07 bits per heavy atom. The molecule has 0 saturated heterocycles. The molecule has 5 nitrogen and oxygen atoms in total. The van der Waals surface area contributed by atoms with Gasteiger partial charge in [-0.3, -0.25) is 4.68 Å². The third-order valence-corrected chi connectivity index (χ3v) is 2.38. The molecule has 0 spiro atoms. The molecule has 2 aromatic heterocycles. The Balaban J connectivity index is 2.54. The summed E-state index contributed by atoms with van der Waals surface area (Å²) in [6.07, 6.45) is 1.78. The maximum Gasteiger partial charge on any atom is 0.137 e. The van der Waals surface area contributed by atoms with E-state index in [2.05, 4.69) is 15.4 Å². The topological polar surface area (TPSA) is 68.8 Å². The van der Waals surface area contributed by atoms with Crippen LogP contribution in [0.15, 0.2) is 12.3 Å². The van der Waals surface area contributed by atoms with Crippen molar-refractivity contribution in [2.45, 2.75) is 6.92 Å². The molecule has 0 bridgehead atoms. The highest BCUT2D eigenvalue weighted by molar-refractivity contribution is 5.91. The van der Waals surface area contributed by atoms with E-state index in [1.165, 1.54) is 0 Å². The van der Waals surface area contributed by atoms with E-state index in [1.807, 2.05) is 24.7 Å². The second-order valence-corrected chi connectivity index (χ2v) is 3.48. The van der Waals surface area contributed by atoms with Gasteiger partial charge in [-0.1, -0.05) is 0 Å². The highest BCUT2D eigenvalue weighted by Gasteiger charge is 2.09. The zero-order valence-corrected chi connectivity index (χ0v) is 8.99. The summed E-state index contributed by atoms with van der Waals surface area (Å²) in [6, 6.07) is 1.96. The van der Waals surface area contributed by atoms with Crippen LogP contribution < -0.4 is 11.1 Å². The maximum absolute atomic E-state index is 5.45. The summed E-state index contributed by atoms with van der Waals surface area (Å²) in [5.74, 6) is 0.864. The molecule has 0 radical (unpaired) electrons. The van der Waals surface area contributed by atoms with Gasteiger partial charge in [-0.25, -0.2) is 4.98 Å². The number of fused-ring (bicyclic) bond motifs is 1. The van der Waals surface area contributed by atoms with Crippen LogP contribution in [-0.2, 0) is 7.05 Å². The number of nitrogens with two attached hydrogens (primary N) is 1. The summed E-state index contributed by atoms with van der Waals surface area (Å²) in [7, 11) is 1.93. The lowest BCUT2D eigenvalue weighted by molar-refractivity contribution is 0.783. The molecular weight excluding hydrogens is 190 g/mol. The third kappa shape index (κ3) is 1.66. The Morgan fingerprint density at radius 2 is 2.33 bits per heavy atom. The zero-order valence-electron chi connectivity index (χ0n) is 8.99. The smallest absolute Gasteiger partial charge is 0.137 e. The van der Waals surface area contributed by atoms with Gasteiger partial charge in [0.15, 0.2) is 0 Å². The van der Waals surface area contributed by atoms with Crippen molar-refractivity contribution in [2.75, 3.05) is 18.4 Å². The molecule has 0 aliphatic carbocycles. The van der Waals surface area contributed by atoms with Gasteiger partial charge in [0, 0.05) is 26.3 Å². The molecule has 2 rings (SSSR count). The van der Waals surface area contributed by atoms with E-state index in [4.69, 9.17) is 5.73 Å². The Kier molecular flexibility index (Phi) is 2.55. The van der Waals surface area contributed by atoms with E-state index in [0.717, 1.165) is 29.0 Å². The van der Waals surface area contributed by atoms with Crippen molar-refractivity contribution < 1.29 is 0 Å². The second-order valence-electron chi connectivity index (χ2n) is 3.48. The van der Waals surface area contributed by atoms with Crippen molar-refractivity contribution >= 4 is 16.7 Å². The van der Waals surface area contributed by atoms with Crippen LogP contribution in [0.2, 0.25) is 0 Å². The predicted octanol–water partition coefficient (Wildman–Crippen LogP) is 0.647. The molecule has 15 heavy (non-hydrogen) atoms. The molecular formula is C10H15N5. The summed E-state index contributed by atoms with van der Waals surface area (Å²) in [6.45, 7) is 3.30. The van der Waals surface area contributed by atoms with Gasteiger partial charge >= 0.3 is 0 Å². The van der Waals surface area contributed by atoms with E-state index >= 15 is 0 Å². The Morgan fingerprint density at radius 1 is 1.53 bits per heavy atom. The fourth-order valence-corrected chi connectivity index (χ4v) is 1.73. The first-order chi connectivity index (χ1) is 7.24. The lowest BCUT2D eigenvalue weighted by atomic mass is 10.2. The fourth-order valence-electron chi connectivity index (χ4n) is 1.73. The lowest BCUT2D eigenvalue weighted by Crippen LogP contribution is -2.14. The SMILES string of the molecule is Cc1nn(C)c2ccnc(NCCN)c12. The standard InChI is InChI=1S/C10H15N5/c1-7-9-8(15(2)14-7)3-5-12-10(9)13-6-4-11/h3,5H,4,6,11H2,1-2H3,(H,12,13). The average molecular weight is 205 g/mol. The predicted molar refractivity (Wildman–Crippen MR) is 60.8 cm³/mol. The van der Waals surface area contributed by atoms with Gasteiger partial charge in [0.1, 0.15) is 5.82 Å². The van der Waals surface area contributed by atoms with Crippen molar-refractivity contribution in [3.8, 4) is 0 Å². The van der Waals surface area contributed by atoms with Gasteiger partial charge < -0.3 is 11.1 Å². The summed E-state index contributed by atoms with van der Waals surface area (Å²) < 4.78 is 1.86. The van der Waals surface area contributed by atoms with Gasteiger partial charge in [0.25, 0.3) is 0 Å². The average Bonchev–Trinajstić information content (AvgIpc) is 2.53. The largest absolute Gasteiger partial charge is 0.368 e. The van der Waals surface area contributed by atoms with Crippen molar-refractivity contribution in [3.05, 3.63) is 18.0 Å². The van der Waals surface area contributed by atoms with E-state index in [9.17, 15) is 0 Å². The molecule has 0 unspecified atom stereocenters. The van der Waals surface area contributed by atoms with Gasteiger partial charge in [-0.2, -0.15) is 5.10 Å². The Hall–Kier alpha value is -1.62. The molecule has 80 valence electrons. The number of anilines is 1. The first kappa shape index (κ1) is 9.92. The van der Waals surface area contributed by atoms with Crippen molar-refractivity contribution in [1.82, 2.24) is 14.8 Å². The molecule has 2 aromatic rings. The molecule has 0 aliphatic rings. The van der Waals surface area contributed by atoms with Crippen LogP contribution in [0.5, 0.6) is 0 Å². The fraction of sp³-hybridized carbons (Fsp3) is 0.400. The number of aromatic nitrogens is 3. The first-order valence-corrected chi connectivity index (χ1v) is 4.96. The van der Waals surface area contributed by atoms with Crippen LogP contribution in [-0.4, -0.2) is 27.9 Å². The van der Waals surface area contributed by atoms with Crippen LogP contribution in [0.25, 0.3) is 10.9 Å². The van der Waals surface area contributed by atoms with Crippen LogP contribution in [0.3, 0.4) is 0 Å². The molecule has 5 heteroatoms. The highest BCUT2D eigenvalue weighted by Crippen LogP contribution is 2.23. The van der Waals surface area contributed by atoms with Crippen LogP contribution in [0.4, 0.5) is 5.82 Å². The second kappa shape index (κ2) is 3.86. The summed E-state index contributed by atoms with van der Waals surface area (Å²) in [5.41, 5.74) is 7.52. The summed E-state index contributed by atoms with van der Waals surface area (Å²) in [5, 5.41) is 8.64. The quantitative estimate of drug-likeness (QED) is 0.772.